The van der Waals surface area contributed by atoms with E-state index in [1.165, 1.54) is 12.1 Å². The Bertz CT molecular complexity index is 1670. The van der Waals surface area contributed by atoms with Crippen LogP contribution in [0.3, 0.4) is 0 Å². The molecule has 0 amide bonds. The van der Waals surface area contributed by atoms with Crippen molar-refractivity contribution < 1.29 is 4.39 Å². The van der Waals surface area contributed by atoms with Crippen molar-refractivity contribution in [1.29, 1.82) is 0 Å². The second kappa shape index (κ2) is 8.32. The Morgan fingerprint density at radius 1 is 0.829 bits per heavy atom. The van der Waals surface area contributed by atoms with Crippen molar-refractivity contribution in [2.75, 3.05) is 5.32 Å². The Hall–Kier alpha value is -4.59. The van der Waals surface area contributed by atoms with Gasteiger partial charge in [0.1, 0.15) is 11.5 Å². The first-order valence-corrected chi connectivity index (χ1v) is 11.3. The highest BCUT2D eigenvalue weighted by molar-refractivity contribution is 6.01. The fraction of sp³-hybridized carbons (Fsp3) is 0.111. The number of pyridine rings is 3. The molecule has 0 fully saturated rings. The Morgan fingerprint density at radius 3 is 2.49 bits per heavy atom. The summed E-state index contributed by atoms with van der Waals surface area (Å²) in [4.78, 5) is 16.8. The molecule has 7 nitrogen and oxygen atoms in total. The van der Waals surface area contributed by atoms with E-state index in [1.807, 2.05) is 24.5 Å². The second-order valence-electron chi connectivity index (χ2n) is 8.79. The zero-order chi connectivity index (χ0) is 23.9. The third kappa shape index (κ3) is 3.89. The molecule has 0 bridgehead atoms. The normalized spacial score (nSPS) is 11.5. The average Bonchev–Trinajstić information content (AvgIpc) is 3.48. The summed E-state index contributed by atoms with van der Waals surface area (Å²) in [6.45, 7) is 4.18. The Kier molecular flexibility index (Phi) is 4.99. The minimum absolute atomic E-state index is 0.267. The van der Waals surface area contributed by atoms with E-state index in [-0.39, 0.29) is 5.82 Å². The smallest absolute Gasteiger partial charge is 0.123 e. The molecule has 6 rings (SSSR count). The largest absolute Gasteiger partial charge is 0.382 e. The number of halogens is 1. The fourth-order valence-corrected chi connectivity index (χ4v) is 4.31. The highest BCUT2D eigenvalue weighted by Crippen LogP contribution is 2.34. The van der Waals surface area contributed by atoms with Crippen molar-refractivity contribution in [1.82, 2.24) is 30.1 Å². The van der Waals surface area contributed by atoms with Crippen LogP contribution in [0.5, 0.6) is 0 Å². The monoisotopic (exact) mass is 463 g/mol. The zero-order valence-electron chi connectivity index (χ0n) is 19.2. The van der Waals surface area contributed by atoms with Gasteiger partial charge in [-0.05, 0) is 49.7 Å². The third-order valence-electron chi connectivity index (χ3n) is 5.89. The van der Waals surface area contributed by atoms with Crippen molar-refractivity contribution in [3.05, 3.63) is 79.3 Å². The topological polar surface area (TPSA) is 95.2 Å². The van der Waals surface area contributed by atoms with Crippen LogP contribution in [0.4, 0.5) is 10.1 Å². The Balaban J connectivity index is 1.44. The average molecular weight is 464 g/mol. The standard InChI is InChI=1S/C27H22FN7/c1-15(2)32-19-7-17(10-29-11-19)23-9-21-26(14-31-23)34-35-27(21)24-8-20-22(12-30-13-25(20)33-24)16-3-5-18(28)6-4-16/h3-15,32-33H,1-2H3,(H,34,35). The lowest BCUT2D eigenvalue weighted by Gasteiger charge is -2.10. The molecule has 0 aliphatic rings. The van der Waals surface area contributed by atoms with Gasteiger partial charge in [0.05, 0.1) is 40.5 Å². The van der Waals surface area contributed by atoms with Gasteiger partial charge in [0, 0.05) is 46.5 Å². The van der Waals surface area contributed by atoms with Crippen molar-refractivity contribution in [2.45, 2.75) is 19.9 Å². The second-order valence-corrected chi connectivity index (χ2v) is 8.79. The number of H-pyrrole nitrogens is 2. The maximum absolute atomic E-state index is 13.4. The van der Waals surface area contributed by atoms with E-state index in [2.05, 4.69) is 55.4 Å². The summed E-state index contributed by atoms with van der Waals surface area (Å²) in [6, 6.07) is 12.9. The van der Waals surface area contributed by atoms with Crippen LogP contribution in [-0.4, -0.2) is 36.2 Å². The van der Waals surface area contributed by atoms with Crippen LogP contribution in [0, 0.1) is 5.82 Å². The maximum Gasteiger partial charge on any atom is 0.123 e. The van der Waals surface area contributed by atoms with E-state index in [4.69, 9.17) is 0 Å². The summed E-state index contributed by atoms with van der Waals surface area (Å²) >= 11 is 0. The number of anilines is 1. The molecule has 0 aliphatic heterocycles. The number of benzene rings is 1. The molecule has 0 spiro atoms. The predicted molar refractivity (Wildman–Crippen MR) is 136 cm³/mol. The number of rotatable bonds is 5. The summed E-state index contributed by atoms with van der Waals surface area (Å²) in [7, 11) is 0. The van der Waals surface area contributed by atoms with Crippen LogP contribution in [0.15, 0.2) is 73.4 Å². The fourth-order valence-electron chi connectivity index (χ4n) is 4.31. The molecule has 6 aromatic rings. The van der Waals surface area contributed by atoms with E-state index in [9.17, 15) is 4.39 Å². The summed E-state index contributed by atoms with van der Waals surface area (Å²) in [5, 5.41) is 13.0. The Labute approximate surface area is 200 Å². The number of fused-ring (bicyclic) bond motifs is 2. The predicted octanol–water partition coefficient (Wildman–Crippen LogP) is 6.19. The lowest BCUT2D eigenvalue weighted by Crippen LogP contribution is -2.09. The molecule has 3 N–H and O–H groups in total. The molecular formula is C27H22FN7. The van der Waals surface area contributed by atoms with Gasteiger partial charge >= 0.3 is 0 Å². The Morgan fingerprint density at radius 2 is 1.66 bits per heavy atom. The minimum atomic E-state index is -0.267. The van der Waals surface area contributed by atoms with Gasteiger partial charge in [0.2, 0.25) is 0 Å². The highest BCUT2D eigenvalue weighted by atomic mass is 19.1. The summed E-state index contributed by atoms with van der Waals surface area (Å²) in [5.41, 5.74) is 7.86. The maximum atomic E-state index is 13.4. The van der Waals surface area contributed by atoms with Crippen LogP contribution in [0.2, 0.25) is 0 Å². The van der Waals surface area contributed by atoms with Gasteiger partial charge in [-0.3, -0.25) is 20.1 Å². The number of hydrogen-bond acceptors (Lipinski definition) is 5. The molecule has 0 radical (unpaired) electrons. The molecule has 0 saturated carbocycles. The van der Waals surface area contributed by atoms with Crippen molar-refractivity contribution in [2.24, 2.45) is 0 Å². The lowest BCUT2D eigenvalue weighted by atomic mass is 10.0. The van der Waals surface area contributed by atoms with Crippen LogP contribution < -0.4 is 5.32 Å². The molecule has 35 heavy (non-hydrogen) atoms. The number of nitrogens with one attached hydrogen (secondary N) is 3. The number of nitrogens with zero attached hydrogens (tertiary/aromatic N) is 4. The summed E-state index contributed by atoms with van der Waals surface area (Å²) in [6.07, 6.45) is 8.99. The first-order chi connectivity index (χ1) is 17.0. The number of aromatic nitrogens is 6. The zero-order valence-corrected chi connectivity index (χ0v) is 19.2. The molecule has 0 saturated heterocycles. The number of hydrogen-bond donors (Lipinski definition) is 3. The first-order valence-electron chi connectivity index (χ1n) is 11.3. The van der Waals surface area contributed by atoms with Crippen LogP contribution in [0.25, 0.3) is 55.6 Å². The van der Waals surface area contributed by atoms with E-state index < -0.39 is 0 Å². The third-order valence-corrected chi connectivity index (χ3v) is 5.89. The molecule has 1 aromatic carbocycles. The molecule has 5 aromatic heterocycles. The van der Waals surface area contributed by atoms with Crippen molar-refractivity contribution in [3.63, 3.8) is 0 Å². The minimum Gasteiger partial charge on any atom is -0.382 e. The number of aromatic amines is 2. The van der Waals surface area contributed by atoms with E-state index in [0.29, 0.717) is 6.04 Å². The van der Waals surface area contributed by atoms with Crippen LogP contribution >= 0.6 is 0 Å². The summed E-state index contributed by atoms with van der Waals surface area (Å²) < 4.78 is 13.4. The molecule has 0 aliphatic carbocycles. The van der Waals surface area contributed by atoms with Gasteiger partial charge in [-0.2, -0.15) is 5.10 Å². The van der Waals surface area contributed by atoms with Gasteiger partial charge in [-0.15, -0.1) is 0 Å². The molecular weight excluding hydrogens is 441 g/mol. The van der Waals surface area contributed by atoms with E-state index in [0.717, 1.165) is 61.3 Å². The van der Waals surface area contributed by atoms with Crippen LogP contribution in [0.1, 0.15) is 13.8 Å². The van der Waals surface area contributed by atoms with Gasteiger partial charge in [0.25, 0.3) is 0 Å². The van der Waals surface area contributed by atoms with Gasteiger partial charge in [-0.1, -0.05) is 12.1 Å². The summed E-state index contributed by atoms with van der Waals surface area (Å²) in [5.74, 6) is -0.267. The van der Waals surface area contributed by atoms with Gasteiger partial charge in [-0.25, -0.2) is 4.39 Å². The van der Waals surface area contributed by atoms with Crippen molar-refractivity contribution >= 4 is 27.5 Å². The van der Waals surface area contributed by atoms with Crippen molar-refractivity contribution in [3.8, 4) is 33.8 Å². The molecule has 0 unspecified atom stereocenters. The van der Waals surface area contributed by atoms with E-state index in [1.54, 1.807) is 30.7 Å². The van der Waals surface area contributed by atoms with Crippen LogP contribution in [-0.2, 0) is 0 Å². The van der Waals surface area contributed by atoms with Gasteiger partial charge in [0.15, 0.2) is 0 Å². The SMILES string of the molecule is CC(C)Nc1cncc(-c2cc3c(-c4cc5c(-c6ccc(F)cc6)cncc5[nH]4)n[nH]c3cn2)c1. The first kappa shape index (κ1) is 21.0. The quantitative estimate of drug-likeness (QED) is 0.283. The van der Waals surface area contributed by atoms with E-state index >= 15 is 0 Å². The highest BCUT2D eigenvalue weighted by Gasteiger charge is 2.15. The molecule has 5 heterocycles. The molecule has 0 atom stereocenters. The van der Waals surface area contributed by atoms with Gasteiger partial charge < -0.3 is 10.3 Å². The lowest BCUT2D eigenvalue weighted by molar-refractivity contribution is 0.628. The molecule has 8 heteroatoms. The molecule has 172 valence electrons.